The largest absolute Gasteiger partial charge is 0.466 e. The minimum Gasteiger partial charge on any atom is -0.466 e. The number of nitrogens with zero attached hydrogens (tertiary/aromatic N) is 1. The third kappa shape index (κ3) is 1.84. The molecular formula is C13H13NO5S. The van der Waals surface area contributed by atoms with Crippen LogP contribution in [0.4, 0.5) is 0 Å². The molecule has 2 aliphatic heterocycles. The highest BCUT2D eigenvalue weighted by molar-refractivity contribution is 7.99. The molecule has 2 fully saturated rings. The molecule has 3 atom stereocenters. The SMILES string of the molecule is CCOC(=O)C1C(=O)[C@H]2CS[C@H](c3ccco3)N2C1=O. The van der Waals surface area contributed by atoms with Gasteiger partial charge in [0.25, 0.3) is 0 Å². The van der Waals surface area contributed by atoms with E-state index in [2.05, 4.69) is 0 Å². The van der Waals surface area contributed by atoms with E-state index in [1.54, 1.807) is 19.1 Å². The van der Waals surface area contributed by atoms with E-state index >= 15 is 0 Å². The summed E-state index contributed by atoms with van der Waals surface area (Å²) in [5, 5.41) is -0.342. The summed E-state index contributed by atoms with van der Waals surface area (Å²) in [6.45, 7) is 1.79. The number of furan rings is 1. The van der Waals surface area contributed by atoms with Crippen LogP contribution in [0.5, 0.6) is 0 Å². The molecule has 2 saturated heterocycles. The zero-order valence-corrected chi connectivity index (χ0v) is 11.6. The van der Waals surface area contributed by atoms with Crippen molar-refractivity contribution in [1.82, 2.24) is 4.90 Å². The van der Waals surface area contributed by atoms with Gasteiger partial charge in [-0.2, -0.15) is 0 Å². The van der Waals surface area contributed by atoms with E-state index in [1.807, 2.05) is 0 Å². The molecule has 1 aromatic heterocycles. The average molecular weight is 295 g/mol. The molecule has 0 bridgehead atoms. The lowest BCUT2D eigenvalue weighted by molar-refractivity contribution is -0.154. The van der Waals surface area contributed by atoms with Crippen molar-refractivity contribution in [3.63, 3.8) is 0 Å². The molecule has 0 N–H and O–H groups in total. The molecular weight excluding hydrogens is 282 g/mol. The standard InChI is InChI=1S/C13H13NO5S/c1-2-18-13(17)9-10(15)7-6-20-12(14(7)11(9)16)8-4-3-5-19-8/h3-5,7,9,12H,2,6H2,1H3/t7-,9?,12-/m1/s1. The van der Waals surface area contributed by atoms with Crippen molar-refractivity contribution in [3.05, 3.63) is 24.2 Å². The summed E-state index contributed by atoms with van der Waals surface area (Å²) in [4.78, 5) is 37.8. The molecule has 2 aliphatic rings. The number of thioether (sulfide) groups is 1. The number of hydrogen-bond donors (Lipinski definition) is 0. The number of ether oxygens (including phenoxy) is 1. The van der Waals surface area contributed by atoms with Crippen LogP contribution in [0.15, 0.2) is 22.8 Å². The topological polar surface area (TPSA) is 76.8 Å². The molecule has 3 rings (SSSR count). The van der Waals surface area contributed by atoms with Crippen LogP contribution < -0.4 is 0 Å². The molecule has 0 radical (unpaired) electrons. The van der Waals surface area contributed by atoms with E-state index in [-0.39, 0.29) is 17.8 Å². The van der Waals surface area contributed by atoms with Crippen LogP contribution in [-0.2, 0) is 19.1 Å². The smallest absolute Gasteiger partial charge is 0.326 e. The van der Waals surface area contributed by atoms with Crippen molar-refractivity contribution in [2.24, 2.45) is 5.92 Å². The fourth-order valence-electron chi connectivity index (χ4n) is 2.55. The normalized spacial score (nSPS) is 28.9. The van der Waals surface area contributed by atoms with Gasteiger partial charge in [0.2, 0.25) is 5.91 Å². The van der Waals surface area contributed by atoms with E-state index in [0.717, 1.165) is 0 Å². The number of hydrogen-bond acceptors (Lipinski definition) is 6. The Morgan fingerprint density at radius 3 is 3.00 bits per heavy atom. The van der Waals surface area contributed by atoms with Gasteiger partial charge in [0, 0.05) is 5.75 Å². The monoisotopic (exact) mass is 295 g/mol. The molecule has 0 aliphatic carbocycles. The van der Waals surface area contributed by atoms with Crippen molar-refractivity contribution in [2.75, 3.05) is 12.4 Å². The molecule has 0 saturated carbocycles. The number of ketones is 1. The molecule has 0 aromatic carbocycles. The molecule has 106 valence electrons. The lowest BCUT2D eigenvalue weighted by Crippen LogP contribution is -2.33. The highest BCUT2D eigenvalue weighted by atomic mass is 32.2. The second kappa shape index (κ2) is 4.97. The quantitative estimate of drug-likeness (QED) is 0.611. The number of amides is 1. The van der Waals surface area contributed by atoms with Crippen LogP contribution in [0.25, 0.3) is 0 Å². The maximum atomic E-state index is 12.4. The van der Waals surface area contributed by atoms with Crippen molar-refractivity contribution in [1.29, 1.82) is 0 Å². The van der Waals surface area contributed by atoms with Crippen LogP contribution >= 0.6 is 11.8 Å². The van der Waals surface area contributed by atoms with E-state index in [9.17, 15) is 14.4 Å². The van der Waals surface area contributed by atoms with Gasteiger partial charge in [-0.25, -0.2) is 0 Å². The lowest BCUT2D eigenvalue weighted by Gasteiger charge is -2.20. The van der Waals surface area contributed by atoms with Crippen molar-refractivity contribution in [2.45, 2.75) is 18.3 Å². The summed E-state index contributed by atoms with van der Waals surface area (Å²) in [5.41, 5.74) is 0. The predicted octanol–water partition coefficient (Wildman–Crippen LogP) is 0.984. The molecule has 20 heavy (non-hydrogen) atoms. The number of esters is 1. The summed E-state index contributed by atoms with van der Waals surface area (Å²) in [5.74, 6) is -1.81. The third-order valence-corrected chi connectivity index (χ3v) is 4.71. The fraction of sp³-hybridized carbons (Fsp3) is 0.462. The predicted molar refractivity (Wildman–Crippen MR) is 69.7 cm³/mol. The first-order chi connectivity index (χ1) is 9.65. The van der Waals surface area contributed by atoms with Gasteiger partial charge in [-0.05, 0) is 19.1 Å². The van der Waals surface area contributed by atoms with Gasteiger partial charge in [0.05, 0.1) is 12.9 Å². The van der Waals surface area contributed by atoms with Crippen LogP contribution in [0, 0.1) is 5.92 Å². The Labute approximate surface area is 119 Å². The highest BCUT2D eigenvalue weighted by Gasteiger charge is 2.57. The third-order valence-electron chi connectivity index (χ3n) is 3.42. The van der Waals surface area contributed by atoms with E-state index in [0.29, 0.717) is 11.5 Å². The second-order valence-corrected chi connectivity index (χ2v) is 5.66. The van der Waals surface area contributed by atoms with Crippen LogP contribution in [0.1, 0.15) is 18.1 Å². The Morgan fingerprint density at radius 2 is 2.35 bits per heavy atom. The molecule has 3 heterocycles. The summed E-state index contributed by atoms with van der Waals surface area (Å²) in [7, 11) is 0. The van der Waals surface area contributed by atoms with Gasteiger partial charge in [-0.3, -0.25) is 14.4 Å². The first-order valence-corrected chi connectivity index (χ1v) is 7.37. The molecule has 0 spiro atoms. The molecule has 1 amide bonds. The first kappa shape index (κ1) is 13.2. The number of Topliss-reactive ketones (excluding diaryl/α,β-unsaturated/α-hetero) is 1. The van der Waals surface area contributed by atoms with Crippen LogP contribution in [-0.4, -0.2) is 41.0 Å². The van der Waals surface area contributed by atoms with Gasteiger partial charge >= 0.3 is 5.97 Å². The van der Waals surface area contributed by atoms with Crippen LogP contribution in [0.3, 0.4) is 0 Å². The zero-order chi connectivity index (χ0) is 14.3. The maximum Gasteiger partial charge on any atom is 0.326 e. The summed E-state index contributed by atoms with van der Waals surface area (Å²) >= 11 is 1.47. The Hall–Kier alpha value is -1.76. The number of fused-ring (bicyclic) bond motifs is 1. The Morgan fingerprint density at radius 1 is 1.55 bits per heavy atom. The Balaban J connectivity index is 1.88. The van der Waals surface area contributed by atoms with Crippen LogP contribution in [0.2, 0.25) is 0 Å². The fourth-order valence-corrected chi connectivity index (χ4v) is 3.95. The maximum absolute atomic E-state index is 12.4. The van der Waals surface area contributed by atoms with Crippen molar-refractivity contribution in [3.8, 4) is 0 Å². The van der Waals surface area contributed by atoms with Gasteiger partial charge < -0.3 is 14.1 Å². The molecule has 1 aromatic rings. The summed E-state index contributed by atoms with van der Waals surface area (Å²) in [6.07, 6.45) is 1.52. The van der Waals surface area contributed by atoms with Gasteiger partial charge in [0.15, 0.2) is 11.7 Å². The first-order valence-electron chi connectivity index (χ1n) is 6.32. The van der Waals surface area contributed by atoms with Crippen molar-refractivity contribution < 1.29 is 23.5 Å². The minimum absolute atomic E-state index is 0.150. The summed E-state index contributed by atoms with van der Waals surface area (Å²) < 4.78 is 10.1. The average Bonchev–Trinajstić information content (AvgIpc) is 3.10. The van der Waals surface area contributed by atoms with E-state index in [1.165, 1.54) is 22.9 Å². The Kier molecular flexibility index (Phi) is 3.29. The lowest BCUT2D eigenvalue weighted by atomic mass is 10.0. The Bertz CT molecular complexity index is 555. The second-order valence-electron chi connectivity index (χ2n) is 4.55. The van der Waals surface area contributed by atoms with Gasteiger partial charge in [-0.1, -0.05) is 0 Å². The highest BCUT2D eigenvalue weighted by Crippen LogP contribution is 2.46. The zero-order valence-electron chi connectivity index (χ0n) is 10.8. The number of carbonyl (C=O) groups is 3. The molecule has 6 nitrogen and oxygen atoms in total. The van der Waals surface area contributed by atoms with Crippen molar-refractivity contribution >= 4 is 29.4 Å². The molecule has 7 heteroatoms. The van der Waals surface area contributed by atoms with Gasteiger partial charge in [-0.15, -0.1) is 11.8 Å². The number of rotatable bonds is 3. The summed E-state index contributed by atoms with van der Waals surface area (Å²) in [6, 6.07) is 2.93. The molecule has 1 unspecified atom stereocenters. The minimum atomic E-state index is -1.31. The van der Waals surface area contributed by atoms with E-state index in [4.69, 9.17) is 9.15 Å². The van der Waals surface area contributed by atoms with E-state index < -0.39 is 23.8 Å². The van der Waals surface area contributed by atoms with Gasteiger partial charge in [0.1, 0.15) is 17.2 Å². The number of carbonyl (C=O) groups excluding carboxylic acids is 3.